The zero-order valence-electron chi connectivity index (χ0n) is 13.3. The highest BCUT2D eigenvalue weighted by atomic mass is 16.2. The van der Waals surface area contributed by atoms with Gasteiger partial charge in [-0.15, -0.1) is 0 Å². The molecule has 1 saturated heterocycles. The molecule has 1 heterocycles. The summed E-state index contributed by atoms with van der Waals surface area (Å²) in [4.78, 5) is 16.9. The van der Waals surface area contributed by atoms with Crippen molar-refractivity contribution in [3.05, 3.63) is 42.0 Å². The maximum atomic E-state index is 12.9. The lowest BCUT2D eigenvalue weighted by atomic mass is 10.0. The molecule has 3 rings (SSSR count). The summed E-state index contributed by atoms with van der Waals surface area (Å²) in [6.45, 7) is 9.45. The van der Waals surface area contributed by atoms with Crippen LogP contribution in [0.4, 0.5) is 10.5 Å². The minimum atomic E-state index is 0.152. The minimum absolute atomic E-state index is 0.152. The third-order valence-electron chi connectivity index (χ3n) is 4.48. The molecule has 1 aromatic carbocycles. The Morgan fingerprint density at radius 1 is 1.14 bits per heavy atom. The van der Waals surface area contributed by atoms with Crippen LogP contribution in [-0.2, 0) is 0 Å². The molecule has 0 saturated carbocycles. The second-order valence-corrected chi connectivity index (χ2v) is 6.76. The second kappa shape index (κ2) is 5.21. The Hall–Kier alpha value is -1.77. The van der Waals surface area contributed by atoms with E-state index in [1.165, 1.54) is 5.56 Å². The van der Waals surface area contributed by atoms with Crippen molar-refractivity contribution in [1.82, 2.24) is 4.90 Å². The lowest BCUT2D eigenvalue weighted by Crippen LogP contribution is -2.40. The van der Waals surface area contributed by atoms with E-state index in [2.05, 4.69) is 69.0 Å². The SMILES string of the molecule is Cc1ccc(N2C(=O)N(CC(C)C)[C@H]3[C@H](C)C=C[C@H]32)cc1. The predicted molar refractivity (Wildman–Crippen MR) is 86.5 cm³/mol. The first-order valence-corrected chi connectivity index (χ1v) is 7.84. The van der Waals surface area contributed by atoms with Crippen molar-refractivity contribution in [3.8, 4) is 0 Å². The van der Waals surface area contributed by atoms with Gasteiger partial charge in [-0.3, -0.25) is 4.90 Å². The number of hydrogen-bond acceptors (Lipinski definition) is 1. The first kappa shape index (κ1) is 14.2. The highest BCUT2D eigenvalue weighted by Crippen LogP contribution is 2.38. The number of urea groups is 1. The molecule has 0 spiro atoms. The number of carbonyl (C=O) groups is 1. The van der Waals surface area contributed by atoms with Crippen LogP contribution in [0.1, 0.15) is 26.3 Å². The third kappa shape index (κ3) is 2.35. The van der Waals surface area contributed by atoms with Crippen LogP contribution in [0.2, 0.25) is 0 Å². The Kier molecular flexibility index (Phi) is 3.52. The van der Waals surface area contributed by atoms with Gasteiger partial charge in [0.15, 0.2) is 0 Å². The van der Waals surface area contributed by atoms with Crippen molar-refractivity contribution in [1.29, 1.82) is 0 Å². The molecule has 2 amide bonds. The Bertz CT molecular complexity index is 561. The number of rotatable bonds is 3. The molecule has 0 unspecified atom stereocenters. The Labute approximate surface area is 127 Å². The number of amides is 2. The van der Waals surface area contributed by atoms with Crippen molar-refractivity contribution < 1.29 is 4.79 Å². The summed E-state index contributed by atoms with van der Waals surface area (Å²) in [5.41, 5.74) is 2.22. The Morgan fingerprint density at radius 3 is 2.43 bits per heavy atom. The van der Waals surface area contributed by atoms with Crippen LogP contribution in [-0.4, -0.2) is 29.6 Å². The van der Waals surface area contributed by atoms with Crippen molar-refractivity contribution in [2.75, 3.05) is 11.4 Å². The standard InChI is InChI=1S/C18H24N2O/c1-12(2)11-19-17-14(4)7-10-16(17)20(18(19)21)15-8-5-13(3)6-9-15/h5-10,12,14,16-17H,11H2,1-4H3/t14-,16-,17+/m1/s1. The van der Waals surface area contributed by atoms with Gasteiger partial charge in [-0.2, -0.15) is 0 Å². The average Bonchev–Trinajstić information content (AvgIpc) is 2.91. The van der Waals surface area contributed by atoms with E-state index in [0.717, 1.165) is 12.2 Å². The summed E-state index contributed by atoms with van der Waals surface area (Å²) in [5.74, 6) is 0.911. The quantitative estimate of drug-likeness (QED) is 0.774. The smallest absolute Gasteiger partial charge is 0.318 e. The van der Waals surface area contributed by atoms with Crippen LogP contribution >= 0.6 is 0 Å². The van der Waals surface area contributed by atoms with E-state index in [1.807, 2.05) is 4.90 Å². The Morgan fingerprint density at radius 2 is 1.81 bits per heavy atom. The molecule has 1 aliphatic carbocycles. The number of carbonyl (C=O) groups excluding carboxylic acids is 1. The minimum Gasteiger partial charge on any atom is -0.318 e. The fraction of sp³-hybridized carbons (Fsp3) is 0.500. The van der Waals surface area contributed by atoms with Gasteiger partial charge < -0.3 is 4.90 Å². The third-order valence-corrected chi connectivity index (χ3v) is 4.48. The van der Waals surface area contributed by atoms with Gasteiger partial charge in [0.25, 0.3) is 0 Å². The molecule has 1 aromatic rings. The fourth-order valence-electron chi connectivity index (χ4n) is 3.51. The Balaban J connectivity index is 1.95. The number of fused-ring (bicyclic) bond motifs is 1. The van der Waals surface area contributed by atoms with Crippen LogP contribution in [0, 0.1) is 18.8 Å². The summed E-state index contributed by atoms with van der Waals surface area (Å²) in [5, 5.41) is 0. The molecule has 3 nitrogen and oxygen atoms in total. The summed E-state index contributed by atoms with van der Waals surface area (Å²) in [7, 11) is 0. The summed E-state index contributed by atoms with van der Waals surface area (Å²) >= 11 is 0. The molecule has 1 aliphatic heterocycles. The van der Waals surface area contributed by atoms with E-state index in [9.17, 15) is 4.79 Å². The van der Waals surface area contributed by atoms with Gasteiger partial charge in [0, 0.05) is 12.2 Å². The maximum Gasteiger partial charge on any atom is 0.325 e. The molecular weight excluding hydrogens is 260 g/mol. The normalized spacial score (nSPS) is 27.9. The fourth-order valence-corrected chi connectivity index (χ4v) is 3.51. The van der Waals surface area contributed by atoms with Gasteiger partial charge in [-0.1, -0.05) is 50.6 Å². The van der Waals surface area contributed by atoms with Crippen LogP contribution in [0.3, 0.4) is 0 Å². The van der Waals surface area contributed by atoms with Crippen LogP contribution in [0.5, 0.6) is 0 Å². The van der Waals surface area contributed by atoms with Gasteiger partial charge in [0.2, 0.25) is 0 Å². The predicted octanol–water partition coefficient (Wildman–Crippen LogP) is 3.84. The number of hydrogen-bond donors (Lipinski definition) is 0. The van der Waals surface area contributed by atoms with Crippen LogP contribution < -0.4 is 4.90 Å². The first-order chi connectivity index (χ1) is 9.99. The topological polar surface area (TPSA) is 23.6 Å². The van der Waals surface area contributed by atoms with Gasteiger partial charge in [-0.05, 0) is 30.9 Å². The van der Waals surface area contributed by atoms with E-state index in [0.29, 0.717) is 11.8 Å². The van der Waals surface area contributed by atoms with Crippen LogP contribution in [0.25, 0.3) is 0 Å². The first-order valence-electron chi connectivity index (χ1n) is 7.84. The molecule has 0 aromatic heterocycles. The highest BCUT2D eigenvalue weighted by molar-refractivity contribution is 5.96. The van der Waals surface area contributed by atoms with Gasteiger partial charge in [0.1, 0.15) is 0 Å². The van der Waals surface area contributed by atoms with Gasteiger partial charge in [0.05, 0.1) is 12.1 Å². The van der Waals surface area contributed by atoms with E-state index in [1.54, 1.807) is 0 Å². The molecule has 0 bridgehead atoms. The summed E-state index contributed by atoms with van der Waals surface area (Å²) < 4.78 is 0. The van der Waals surface area contributed by atoms with E-state index in [-0.39, 0.29) is 18.1 Å². The summed E-state index contributed by atoms with van der Waals surface area (Å²) in [6.07, 6.45) is 4.45. The lowest BCUT2D eigenvalue weighted by molar-refractivity contribution is 0.185. The molecule has 0 radical (unpaired) electrons. The van der Waals surface area contributed by atoms with E-state index in [4.69, 9.17) is 0 Å². The van der Waals surface area contributed by atoms with Crippen molar-refractivity contribution in [3.63, 3.8) is 0 Å². The lowest BCUT2D eigenvalue weighted by Gasteiger charge is -2.27. The zero-order valence-corrected chi connectivity index (χ0v) is 13.3. The highest BCUT2D eigenvalue weighted by Gasteiger charge is 2.49. The monoisotopic (exact) mass is 284 g/mol. The average molecular weight is 284 g/mol. The number of benzene rings is 1. The van der Waals surface area contributed by atoms with E-state index >= 15 is 0 Å². The number of anilines is 1. The molecule has 3 heteroatoms. The van der Waals surface area contributed by atoms with Crippen molar-refractivity contribution >= 4 is 11.7 Å². The molecule has 1 fully saturated rings. The van der Waals surface area contributed by atoms with Crippen molar-refractivity contribution in [2.45, 2.75) is 39.8 Å². The largest absolute Gasteiger partial charge is 0.325 e. The zero-order chi connectivity index (χ0) is 15.1. The molecule has 112 valence electrons. The van der Waals surface area contributed by atoms with Gasteiger partial charge in [-0.25, -0.2) is 4.79 Å². The van der Waals surface area contributed by atoms with Crippen LogP contribution in [0.15, 0.2) is 36.4 Å². The molecule has 3 atom stereocenters. The molecule has 21 heavy (non-hydrogen) atoms. The van der Waals surface area contributed by atoms with Gasteiger partial charge >= 0.3 is 6.03 Å². The van der Waals surface area contributed by atoms with E-state index < -0.39 is 0 Å². The number of nitrogens with zero attached hydrogens (tertiary/aromatic N) is 2. The molecule has 2 aliphatic rings. The summed E-state index contributed by atoms with van der Waals surface area (Å²) in [6, 6.07) is 8.87. The molecular formula is C18H24N2O. The number of aryl methyl sites for hydroxylation is 1. The molecule has 0 N–H and O–H groups in total. The second-order valence-electron chi connectivity index (χ2n) is 6.76. The van der Waals surface area contributed by atoms with Crippen molar-refractivity contribution in [2.24, 2.45) is 11.8 Å². The maximum absolute atomic E-state index is 12.9.